The van der Waals surface area contributed by atoms with E-state index in [1.807, 2.05) is 41.1 Å². The molecule has 0 radical (unpaired) electrons. The Kier molecular flexibility index (Phi) is 5.56. The number of hydrogen-bond acceptors (Lipinski definition) is 4. The molecule has 2 heterocycles. The number of nitrogens with zero attached hydrogens (tertiary/aromatic N) is 2. The number of nitrogens with one attached hydrogen (secondary N) is 1. The molecule has 1 saturated heterocycles. The molecule has 1 aliphatic heterocycles. The number of carbonyl (C=O) groups is 1. The summed E-state index contributed by atoms with van der Waals surface area (Å²) in [6, 6.07) is 7.63. The van der Waals surface area contributed by atoms with Crippen LogP contribution in [0.4, 0.5) is 11.4 Å². The monoisotopic (exact) mass is 361 g/mol. The molecule has 3 rings (SSSR count). The molecule has 1 amide bonds. The van der Waals surface area contributed by atoms with Crippen LogP contribution in [0, 0.1) is 0 Å². The number of anilines is 2. The molecule has 0 spiro atoms. The third kappa shape index (κ3) is 4.38. The predicted molar refractivity (Wildman–Crippen MR) is 103 cm³/mol. The van der Waals surface area contributed by atoms with Crippen LogP contribution in [-0.4, -0.2) is 44.0 Å². The average molecular weight is 362 g/mol. The van der Waals surface area contributed by atoms with Crippen LogP contribution in [0.25, 0.3) is 6.08 Å². The minimum Gasteiger partial charge on any atom is -0.367 e. The largest absolute Gasteiger partial charge is 0.367 e. The zero-order valence-corrected chi connectivity index (χ0v) is 15.1. The van der Waals surface area contributed by atoms with E-state index in [0.29, 0.717) is 5.02 Å². The van der Waals surface area contributed by atoms with E-state index in [2.05, 4.69) is 22.2 Å². The summed E-state index contributed by atoms with van der Waals surface area (Å²) >= 11 is 7.73. The summed E-state index contributed by atoms with van der Waals surface area (Å²) in [5.74, 6) is -0.154. The van der Waals surface area contributed by atoms with Crippen LogP contribution >= 0.6 is 22.9 Å². The molecule has 0 saturated carbocycles. The molecule has 2 aromatic rings. The highest BCUT2D eigenvalue weighted by Gasteiger charge is 2.17. The molecule has 1 aliphatic rings. The zero-order valence-electron chi connectivity index (χ0n) is 13.5. The van der Waals surface area contributed by atoms with E-state index in [9.17, 15) is 4.79 Å². The van der Waals surface area contributed by atoms with E-state index in [1.165, 1.54) is 0 Å². The molecular formula is C18H20ClN3OS. The summed E-state index contributed by atoms with van der Waals surface area (Å²) < 4.78 is 0. The molecular weight excluding hydrogens is 342 g/mol. The van der Waals surface area contributed by atoms with Crippen LogP contribution < -0.4 is 10.2 Å². The van der Waals surface area contributed by atoms with Gasteiger partial charge in [0.25, 0.3) is 0 Å². The first-order valence-electron chi connectivity index (χ1n) is 7.86. The first-order chi connectivity index (χ1) is 11.6. The second-order valence-electron chi connectivity index (χ2n) is 5.83. The Labute approximate surface area is 151 Å². The maximum atomic E-state index is 12.2. The molecule has 0 unspecified atom stereocenters. The van der Waals surface area contributed by atoms with Crippen LogP contribution in [-0.2, 0) is 4.79 Å². The summed E-state index contributed by atoms with van der Waals surface area (Å²) in [5.41, 5.74) is 2.80. The first kappa shape index (κ1) is 17.0. The number of benzene rings is 1. The van der Waals surface area contributed by atoms with E-state index in [0.717, 1.165) is 43.1 Å². The van der Waals surface area contributed by atoms with Gasteiger partial charge in [-0.05, 0) is 53.7 Å². The van der Waals surface area contributed by atoms with Crippen LogP contribution in [0.5, 0.6) is 0 Å². The lowest BCUT2D eigenvalue weighted by Gasteiger charge is -2.35. The zero-order chi connectivity index (χ0) is 16.9. The van der Waals surface area contributed by atoms with Crippen molar-refractivity contribution in [2.24, 2.45) is 0 Å². The molecule has 126 valence electrons. The van der Waals surface area contributed by atoms with E-state index < -0.39 is 0 Å². The summed E-state index contributed by atoms with van der Waals surface area (Å²) in [5, 5.41) is 7.56. The van der Waals surface area contributed by atoms with Crippen LogP contribution in [0.1, 0.15) is 5.56 Å². The van der Waals surface area contributed by atoms with Crippen molar-refractivity contribution in [3.8, 4) is 0 Å². The van der Waals surface area contributed by atoms with Gasteiger partial charge in [0.1, 0.15) is 0 Å². The number of rotatable bonds is 4. The summed E-state index contributed by atoms with van der Waals surface area (Å²) in [4.78, 5) is 16.8. The third-order valence-electron chi connectivity index (χ3n) is 4.03. The van der Waals surface area contributed by atoms with Crippen molar-refractivity contribution in [3.63, 3.8) is 0 Å². The van der Waals surface area contributed by atoms with Crippen molar-refractivity contribution in [1.29, 1.82) is 0 Å². The summed E-state index contributed by atoms with van der Waals surface area (Å²) in [6.45, 7) is 3.89. The molecule has 1 fully saturated rings. The van der Waals surface area contributed by atoms with Crippen LogP contribution in [0.2, 0.25) is 5.02 Å². The van der Waals surface area contributed by atoms with Gasteiger partial charge in [-0.1, -0.05) is 11.6 Å². The van der Waals surface area contributed by atoms with Gasteiger partial charge in [0, 0.05) is 37.3 Å². The van der Waals surface area contributed by atoms with Gasteiger partial charge >= 0.3 is 0 Å². The Bertz CT molecular complexity index is 722. The highest BCUT2D eigenvalue weighted by atomic mass is 35.5. The van der Waals surface area contributed by atoms with Gasteiger partial charge in [-0.3, -0.25) is 4.79 Å². The summed E-state index contributed by atoms with van der Waals surface area (Å²) in [6.07, 6.45) is 3.36. The molecule has 24 heavy (non-hydrogen) atoms. The fourth-order valence-electron chi connectivity index (χ4n) is 2.65. The summed E-state index contributed by atoms with van der Waals surface area (Å²) in [7, 11) is 2.12. The number of carbonyl (C=O) groups excluding carboxylic acids is 1. The van der Waals surface area contributed by atoms with Crippen molar-refractivity contribution in [2.45, 2.75) is 0 Å². The SMILES string of the molecule is CN1CCN(c2ccc(Cl)cc2NC(=O)/C=C\c2ccsc2)CC1. The Morgan fingerprint density at radius 1 is 1.25 bits per heavy atom. The molecule has 0 bridgehead atoms. The quantitative estimate of drug-likeness (QED) is 0.841. The predicted octanol–water partition coefficient (Wildman–Crippen LogP) is 3.81. The second kappa shape index (κ2) is 7.83. The topological polar surface area (TPSA) is 35.6 Å². The van der Waals surface area contributed by atoms with E-state index >= 15 is 0 Å². The highest BCUT2D eigenvalue weighted by molar-refractivity contribution is 7.08. The van der Waals surface area contributed by atoms with Gasteiger partial charge in [0.15, 0.2) is 0 Å². The Morgan fingerprint density at radius 3 is 2.75 bits per heavy atom. The van der Waals surface area contributed by atoms with Crippen LogP contribution in [0.15, 0.2) is 41.1 Å². The van der Waals surface area contributed by atoms with Gasteiger partial charge in [-0.25, -0.2) is 0 Å². The first-order valence-corrected chi connectivity index (χ1v) is 9.18. The fraction of sp³-hybridized carbons (Fsp3) is 0.278. The number of hydrogen-bond donors (Lipinski definition) is 1. The lowest BCUT2D eigenvalue weighted by Crippen LogP contribution is -2.44. The maximum absolute atomic E-state index is 12.2. The number of halogens is 1. The maximum Gasteiger partial charge on any atom is 0.248 e. The number of likely N-dealkylation sites (N-methyl/N-ethyl adjacent to an activating group) is 1. The average Bonchev–Trinajstić information content (AvgIpc) is 3.08. The van der Waals surface area contributed by atoms with Crippen molar-refractivity contribution in [2.75, 3.05) is 43.4 Å². The van der Waals surface area contributed by atoms with Gasteiger partial charge in [-0.2, -0.15) is 11.3 Å². The lowest BCUT2D eigenvalue weighted by molar-refractivity contribution is -0.111. The second-order valence-corrected chi connectivity index (χ2v) is 7.05. The molecule has 1 N–H and O–H groups in total. The lowest BCUT2D eigenvalue weighted by atomic mass is 10.2. The number of amides is 1. The Morgan fingerprint density at radius 2 is 2.04 bits per heavy atom. The van der Waals surface area contributed by atoms with Crippen molar-refractivity contribution in [3.05, 3.63) is 51.7 Å². The minimum absolute atomic E-state index is 0.154. The third-order valence-corrected chi connectivity index (χ3v) is 4.97. The standard InChI is InChI=1S/C18H20ClN3OS/c1-21-7-9-22(10-8-21)17-4-3-15(19)12-16(17)20-18(23)5-2-14-6-11-24-13-14/h2-6,11-13H,7-10H2,1H3,(H,20,23)/b5-2-. The fourth-order valence-corrected chi connectivity index (χ4v) is 3.45. The minimum atomic E-state index is -0.154. The van der Waals surface area contributed by atoms with Crippen molar-refractivity contribution in [1.82, 2.24) is 4.90 Å². The van der Waals surface area contributed by atoms with E-state index in [1.54, 1.807) is 17.4 Å². The van der Waals surface area contributed by atoms with Gasteiger partial charge in [0.05, 0.1) is 11.4 Å². The van der Waals surface area contributed by atoms with E-state index in [4.69, 9.17) is 11.6 Å². The van der Waals surface area contributed by atoms with Gasteiger partial charge in [0.2, 0.25) is 5.91 Å². The molecule has 1 aromatic carbocycles. The smallest absolute Gasteiger partial charge is 0.248 e. The molecule has 0 atom stereocenters. The molecule has 0 aliphatic carbocycles. The highest BCUT2D eigenvalue weighted by Crippen LogP contribution is 2.30. The molecule has 4 nitrogen and oxygen atoms in total. The van der Waals surface area contributed by atoms with E-state index in [-0.39, 0.29) is 5.91 Å². The normalized spacial score (nSPS) is 15.8. The number of piperazine rings is 1. The van der Waals surface area contributed by atoms with Crippen LogP contribution in [0.3, 0.4) is 0 Å². The Hall–Kier alpha value is -1.82. The van der Waals surface area contributed by atoms with Crippen molar-refractivity contribution >= 4 is 46.3 Å². The Balaban J connectivity index is 1.74. The number of thiophene rings is 1. The van der Waals surface area contributed by atoms with Gasteiger partial charge in [-0.15, -0.1) is 0 Å². The van der Waals surface area contributed by atoms with Gasteiger partial charge < -0.3 is 15.1 Å². The molecule has 6 heteroatoms. The van der Waals surface area contributed by atoms with Crippen molar-refractivity contribution < 1.29 is 4.79 Å². The molecule has 1 aromatic heterocycles.